The minimum atomic E-state index is -0.349. The van der Waals surface area contributed by atoms with Gasteiger partial charge in [0.15, 0.2) is 0 Å². The summed E-state index contributed by atoms with van der Waals surface area (Å²) < 4.78 is 11.4. The Bertz CT molecular complexity index is 599. The van der Waals surface area contributed by atoms with Crippen molar-refractivity contribution >= 4 is 0 Å². The van der Waals surface area contributed by atoms with Crippen molar-refractivity contribution < 1.29 is 14.6 Å². The molecule has 0 saturated carbocycles. The van der Waals surface area contributed by atoms with Gasteiger partial charge in [0.05, 0.1) is 31.5 Å². The fourth-order valence-electron chi connectivity index (χ4n) is 4.08. The predicted octanol–water partition coefficient (Wildman–Crippen LogP) is 7.71. The molecule has 1 rings (SSSR count). The lowest BCUT2D eigenvalue weighted by Crippen LogP contribution is -2.24. The number of rotatable bonds is 23. The van der Waals surface area contributed by atoms with Gasteiger partial charge in [0.1, 0.15) is 6.10 Å². The summed E-state index contributed by atoms with van der Waals surface area (Å²) in [5.74, 6) is 0. The second-order valence-corrected chi connectivity index (χ2v) is 9.26. The minimum absolute atomic E-state index is 0.0757. The van der Waals surface area contributed by atoms with Crippen molar-refractivity contribution in [3.63, 3.8) is 0 Å². The third-order valence-electron chi connectivity index (χ3n) is 6.26. The zero-order valence-corrected chi connectivity index (χ0v) is 21.2. The number of aliphatic hydroxyl groups excluding tert-OH is 1. The number of benzene rings is 1. The zero-order valence-electron chi connectivity index (χ0n) is 21.2. The van der Waals surface area contributed by atoms with E-state index in [9.17, 15) is 5.11 Å². The summed E-state index contributed by atoms with van der Waals surface area (Å²) in [6.45, 7) is 3.63. The van der Waals surface area contributed by atoms with E-state index in [0.29, 0.717) is 25.4 Å². The molecule has 1 aromatic carbocycles. The molecule has 0 aliphatic rings. The SMILES string of the molecule is CCCCCCCCCCCCCCCCCCOCC(CO)OCc1ccccc1C#N. The second-order valence-electron chi connectivity index (χ2n) is 9.26. The normalized spacial score (nSPS) is 12.0. The highest BCUT2D eigenvalue weighted by molar-refractivity contribution is 5.36. The molecule has 0 spiro atoms. The maximum Gasteiger partial charge on any atom is 0.104 e. The van der Waals surface area contributed by atoms with Gasteiger partial charge in [0, 0.05) is 6.61 Å². The third-order valence-corrected chi connectivity index (χ3v) is 6.26. The van der Waals surface area contributed by atoms with E-state index in [-0.39, 0.29) is 12.7 Å². The van der Waals surface area contributed by atoms with Gasteiger partial charge in [-0.2, -0.15) is 5.26 Å². The largest absolute Gasteiger partial charge is 0.394 e. The van der Waals surface area contributed by atoms with Crippen molar-refractivity contribution in [3.8, 4) is 6.07 Å². The van der Waals surface area contributed by atoms with Crippen LogP contribution >= 0.6 is 0 Å². The van der Waals surface area contributed by atoms with E-state index in [0.717, 1.165) is 12.0 Å². The average molecular weight is 460 g/mol. The van der Waals surface area contributed by atoms with Gasteiger partial charge in [-0.25, -0.2) is 0 Å². The number of nitriles is 1. The van der Waals surface area contributed by atoms with Crippen LogP contribution < -0.4 is 0 Å². The lowest BCUT2D eigenvalue weighted by molar-refractivity contribution is -0.0503. The molecule has 0 amide bonds. The fourth-order valence-corrected chi connectivity index (χ4v) is 4.08. The quantitative estimate of drug-likeness (QED) is 0.170. The number of hydrogen-bond acceptors (Lipinski definition) is 4. The molecular formula is C29H49NO3. The molecule has 1 unspecified atom stereocenters. The van der Waals surface area contributed by atoms with Gasteiger partial charge in [0.25, 0.3) is 0 Å². The first-order valence-electron chi connectivity index (χ1n) is 13.6. The first kappa shape index (κ1) is 29.6. The molecule has 1 aromatic rings. The standard InChI is InChI=1S/C29H49NO3/c1-2-3-4-5-6-7-8-9-10-11-12-13-14-15-16-19-22-32-26-29(24-31)33-25-28-21-18-17-20-27(28)23-30/h17-18,20-21,29,31H,2-16,19,22,24-26H2,1H3. The molecule has 0 aliphatic heterocycles. The molecule has 0 fully saturated rings. The molecule has 0 radical (unpaired) electrons. The van der Waals surface area contributed by atoms with Gasteiger partial charge >= 0.3 is 0 Å². The van der Waals surface area contributed by atoms with E-state index < -0.39 is 0 Å². The van der Waals surface area contributed by atoms with Crippen LogP contribution in [0.1, 0.15) is 121 Å². The molecule has 4 heteroatoms. The van der Waals surface area contributed by atoms with E-state index in [4.69, 9.17) is 14.7 Å². The van der Waals surface area contributed by atoms with E-state index in [1.165, 1.54) is 96.3 Å². The summed E-state index contributed by atoms with van der Waals surface area (Å²) in [5.41, 5.74) is 1.46. The Labute approximate surface area is 203 Å². The minimum Gasteiger partial charge on any atom is -0.394 e. The lowest BCUT2D eigenvalue weighted by atomic mass is 10.0. The van der Waals surface area contributed by atoms with E-state index in [2.05, 4.69) is 13.0 Å². The second kappa shape index (κ2) is 22.4. The van der Waals surface area contributed by atoms with Crippen LogP contribution in [0.25, 0.3) is 0 Å². The monoisotopic (exact) mass is 459 g/mol. The van der Waals surface area contributed by atoms with Gasteiger partial charge in [0.2, 0.25) is 0 Å². The van der Waals surface area contributed by atoms with Crippen LogP contribution in [0.2, 0.25) is 0 Å². The Morgan fingerprint density at radius 2 is 1.30 bits per heavy atom. The summed E-state index contributed by atoms with van der Waals surface area (Å²) in [7, 11) is 0. The first-order chi connectivity index (χ1) is 16.3. The van der Waals surface area contributed by atoms with Crippen LogP contribution in [0.3, 0.4) is 0 Å². The maximum absolute atomic E-state index is 9.50. The molecule has 0 aromatic heterocycles. The Morgan fingerprint density at radius 3 is 1.82 bits per heavy atom. The third kappa shape index (κ3) is 16.8. The van der Waals surface area contributed by atoms with Crippen LogP contribution in [0, 0.1) is 11.3 Å². The first-order valence-corrected chi connectivity index (χ1v) is 13.6. The molecule has 0 heterocycles. The van der Waals surface area contributed by atoms with Crippen LogP contribution in [0.5, 0.6) is 0 Å². The average Bonchev–Trinajstić information content (AvgIpc) is 2.85. The van der Waals surface area contributed by atoms with Crippen molar-refractivity contribution in [1.82, 2.24) is 0 Å². The van der Waals surface area contributed by atoms with Crippen LogP contribution in [0.4, 0.5) is 0 Å². The van der Waals surface area contributed by atoms with Crippen molar-refractivity contribution in [2.45, 2.75) is 122 Å². The topological polar surface area (TPSA) is 62.5 Å². The zero-order chi connectivity index (χ0) is 23.8. The highest BCUT2D eigenvalue weighted by Crippen LogP contribution is 2.14. The molecule has 188 valence electrons. The van der Waals surface area contributed by atoms with Crippen LogP contribution in [-0.2, 0) is 16.1 Å². The lowest BCUT2D eigenvalue weighted by Gasteiger charge is -2.16. The van der Waals surface area contributed by atoms with Gasteiger partial charge in [-0.3, -0.25) is 0 Å². The Hall–Kier alpha value is -1.41. The number of nitrogens with zero attached hydrogens (tertiary/aromatic N) is 1. The summed E-state index contributed by atoms with van der Waals surface area (Å²) in [6.07, 6.45) is 21.5. The maximum atomic E-state index is 9.50. The van der Waals surface area contributed by atoms with Gasteiger partial charge in [-0.15, -0.1) is 0 Å². The van der Waals surface area contributed by atoms with Crippen LogP contribution in [0.15, 0.2) is 24.3 Å². The highest BCUT2D eigenvalue weighted by Gasteiger charge is 2.10. The summed E-state index contributed by atoms with van der Waals surface area (Å²) in [4.78, 5) is 0. The molecule has 1 N–H and O–H groups in total. The van der Waals surface area contributed by atoms with Crippen molar-refractivity contribution in [1.29, 1.82) is 5.26 Å². The molecule has 0 aliphatic carbocycles. The van der Waals surface area contributed by atoms with Crippen molar-refractivity contribution in [2.24, 2.45) is 0 Å². The number of unbranched alkanes of at least 4 members (excludes halogenated alkanes) is 15. The predicted molar refractivity (Wildman–Crippen MR) is 137 cm³/mol. The van der Waals surface area contributed by atoms with Crippen molar-refractivity contribution in [3.05, 3.63) is 35.4 Å². The Kier molecular flexibility index (Phi) is 20.1. The molecule has 1 atom stereocenters. The smallest absolute Gasteiger partial charge is 0.104 e. The van der Waals surface area contributed by atoms with E-state index >= 15 is 0 Å². The van der Waals surface area contributed by atoms with Gasteiger partial charge in [-0.1, -0.05) is 121 Å². The molecule has 0 bridgehead atoms. The molecule has 4 nitrogen and oxygen atoms in total. The summed E-state index contributed by atoms with van der Waals surface area (Å²) in [5, 5.41) is 18.6. The Balaban J connectivity index is 1.86. The van der Waals surface area contributed by atoms with E-state index in [1.54, 1.807) is 6.07 Å². The summed E-state index contributed by atoms with van der Waals surface area (Å²) >= 11 is 0. The fraction of sp³-hybridized carbons (Fsp3) is 0.759. The van der Waals surface area contributed by atoms with Gasteiger partial charge in [-0.05, 0) is 18.1 Å². The number of ether oxygens (including phenoxy) is 2. The molecule has 0 saturated heterocycles. The Morgan fingerprint density at radius 1 is 0.788 bits per heavy atom. The molecular weight excluding hydrogens is 410 g/mol. The highest BCUT2D eigenvalue weighted by atomic mass is 16.5. The number of hydrogen-bond donors (Lipinski definition) is 1. The van der Waals surface area contributed by atoms with Gasteiger partial charge < -0.3 is 14.6 Å². The summed E-state index contributed by atoms with van der Waals surface area (Å²) in [6, 6.07) is 9.56. The van der Waals surface area contributed by atoms with E-state index in [1.807, 2.05) is 18.2 Å². The van der Waals surface area contributed by atoms with Crippen molar-refractivity contribution in [2.75, 3.05) is 19.8 Å². The van der Waals surface area contributed by atoms with Crippen LogP contribution in [-0.4, -0.2) is 31.0 Å². The molecule has 33 heavy (non-hydrogen) atoms. The number of aliphatic hydroxyl groups is 1.